The number of aromatic nitrogens is 1. The van der Waals surface area contributed by atoms with Crippen molar-refractivity contribution in [1.29, 1.82) is 0 Å². The monoisotopic (exact) mass is 398 g/mol. The third kappa shape index (κ3) is 3.52. The Morgan fingerprint density at radius 1 is 1.07 bits per heavy atom. The van der Waals surface area contributed by atoms with Crippen LogP contribution in [-0.4, -0.2) is 65.2 Å². The molecule has 3 heterocycles. The zero-order chi connectivity index (χ0) is 19.7. The van der Waals surface area contributed by atoms with Crippen LogP contribution in [0, 0.1) is 6.92 Å². The molecule has 1 aromatic heterocycles. The van der Waals surface area contributed by atoms with E-state index in [0.29, 0.717) is 24.2 Å². The van der Waals surface area contributed by atoms with Gasteiger partial charge in [-0.25, -0.2) is 4.98 Å². The van der Waals surface area contributed by atoms with Gasteiger partial charge in [0.15, 0.2) is 5.13 Å². The maximum absolute atomic E-state index is 12.7. The van der Waals surface area contributed by atoms with Gasteiger partial charge in [-0.2, -0.15) is 0 Å². The molecule has 28 heavy (non-hydrogen) atoms. The standard InChI is InChI=1S/C20H22N4O3S/c1-14-13-28-20(21-14)23-9-4-8-22(11-12-23)17(25)7-10-24-18(26)15-5-2-3-6-16(15)19(24)27/h2-3,5-6,13H,4,7-12H2,1H3. The summed E-state index contributed by atoms with van der Waals surface area (Å²) in [6.45, 7) is 5.02. The van der Waals surface area contributed by atoms with Crippen molar-refractivity contribution in [3.8, 4) is 0 Å². The van der Waals surface area contributed by atoms with E-state index in [1.807, 2.05) is 17.2 Å². The van der Waals surface area contributed by atoms with E-state index in [-0.39, 0.29) is 30.7 Å². The van der Waals surface area contributed by atoms with Crippen molar-refractivity contribution >= 4 is 34.2 Å². The number of nitrogens with zero attached hydrogens (tertiary/aromatic N) is 4. The van der Waals surface area contributed by atoms with Gasteiger partial charge in [0, 0.05) is 44.5 Å². The molecule has 8 heteroatoms. The van der Waals surface area contributed by atoms with Crippen molar-refractivity contribution in [3.63, 3.8) is 0 Å². The van der Waals surface area contributed by atoms with Gasteiger partial charge in [0.2, 0.25) is 5.91 Å². The van der Waals surface area contributed by atoms with E-state index in [0.717, 1.165) is 30.3 Å². The first-order chi connectivity index (χ1) is 13.5. The maximum atomic E-state index is 12.7. The minimum absolute atomic E-state index is 0.0197. The first-order valence-electron chi connectivity index (χ1n) is 9.44. The highest BCUT2D eigenvalue weighted by molar-refractivity contribution is 7.13. The Kier molecular flexibility index (Phi) is 5.13. The summed E-state index contributed by atoms with van der Waals surface area (Å²) in [4.78, 5) is 47.3. The Labute approximate surface area is 167 Å². The van der Waals surface area contributed by atoms with Gasteiger partial charge < -0.3 is 9.80 Å². The van der Waals surface area contributed by atoms with E-state index in [4.69, 9.17) is 0 Å². The smallest absolute Gasteiger partial charge is 0.261 e. The number of thiazole rings is 1. The van der Waals surface area contributed by atoms with Gasteiger partial charge in [-0.3, -0.25) is 19.3 Å². The topological polar surface area (TPSA) is 73.8 Å². The summed E-state index contributed by atoms with van der Waals surface area (Å²) in [7, 11) is 0. The van der Waals surface area contributed by atoms with Crippen molar-refractivity contribution in [3.05, 3.63) is 46.5 Å². The lowest BCUT2D eigenvalue weighted by atomic mass is 10.1. The second-order valence-corrected chi connectivity index (χ2v) is 7.89. The Hall–Kier alpha value is -2.74. The van der Waals surface area contributed by atoms with E-state index in [2.05, 4.69) is 9.88 Å². The van der Waals surface area contributed by atoms with E-state index >= 15 is 0 Å². The number of carbonyl (C=O) groups is 3. The van der Waals surface area contributed by atoms with Crippen LogP contribution in [0.1, 0.15) is 39.3 Å². The number of carbonyl (C=O) groups excluding carboxylic acids is 3. The molecule has 0 N–H and O–H groups in total. The summed E-state index contributed by atoms with van der Waals surface area (Å²) >= 11 is 1.63. The summed E-state index contributed by atoms with van der Waals surface area (Å²) in [6, 6.07) is 6.79. The fourth-order valence-electron chi connectivity index (χ4n) is 3.65. The van der Waals surface area contributed by atoms with Gasteiger partial charge in [-0.15, -0.1) is 11.3 Å². The van der Waals surface area contributed by atoms with E-state index in [9.17, 15) is 14.4 Å². The molecule has 0 saturated carbocycles. The van der Waals surface area contributed by atoms with Gasteiger partial charge in [-0.1, -0.05) is 12.1 Å². The summed E-state index contributed by atoms with van der Waals surface area (Å²) in [5.74, 6) is -0.641. The van der Waals surface area contributed by atoms with Gasteiger partial charge >= 0.3 is 0 Å². The molecule has 0 radical (unpaired) electrons. The SMILES string of the molecule is Cc1csc(N2CCCN(C(=O)CCN3C(=O)c4ccccc4C3=O)CC2)n1. The highest BCUT2D eigenvalue weighted by Gasteiger charge is 2.35. The lowest BCUT2D eigenvalue weighted by Crippen LogP contribution is -2.38. The van der Waals surface area contributed by atoms with Crippen molar-refractivity contribution in [1.82, 2.24) is 14.8 Å². The molecule has 2 aliphatic rings. The van der Waals surface area contributed by atoms with Crippen LogP contribution in [0.5, 0.6) is 0 Å². The second-order valence-electron chi connectivity index (χ2n) is 7.05. The van der Waals surface area contributed by atoms with Gasteiger partial charge in [-0.05, 0) is 25.5 Å². The molecule has 2 aliphatic heterocycles. The fourth-order valence-corrected chi connectivity index (χ4v) is 4.51. The Morgan fingerprint density at radius 3 is 2.43 bits per heavy atom. The molecule has 0 atom stereocenters. The maximum Gasteiger partial charge on any atom is 0.261 e. The number of fused-ring (bicyclic) bond motifs is 1. The molecule has 3 amide bonds. The predicted molar refractivity (Wildman–Crippen MR) is 107 cm³/mol. The molecule has 0 aliphatic carbocycles. The third-order valence-electron chi connectivity index (χ3n) is 5.15. The van der Waals surface area contributed by atoms with E-state index in [1.165, 1.54) is 4.90 Å². The molecule has 1 aromatic carbocycles. The molecule has 0 unspecified atom stereocenters. The van der Waals surface area contributed by atoms with Crippen molar-refractivity contribution in [2.45, 2.75) is 19.8 Å². The number of hydrogen-bond donors (Lipinski definition) is 0. The number of rotatable bonds is 4. The molecule has 1 fully saturated rings. The summed E-state index contributed by atoms with van der Waals surface area (Å²) in [5.41, 5.74) is 1.85. The zero-order valence-corrected chi connectivity index (χ0v) is 16.6. The van der Waals surface area contributed by atoms with Crippen LogP contribution in [0.25, 0.3) is 0 Å². The summed E-state index contributed by atoms with van der Waals surface area (Å²) < 4.78 is 0. The number of aryl methyl sites for hydroxylation is 1. The molecular formula is C20H22N4O3S. The van der Waals surface area contributed by atoms with Crippen molar-refractivity contribution < 1.29 is 14.4 Å². The van der Waals surface area contributed by atoms with Gasteiger partial charge in [0.25, 0.3) is 11.8 Å². The van der Waals surface area contributed by atoms with Crippen LogP contribution in [0.3, 0.4) is 0 Å². The Balaban J connectivity index is 1.33. The van der Waals surface area contributed by atoms with Crippen molar-refractivity contribution in [2.24, 2.45) is 0 Å². The highest BCUT2D eigenvalue weighted by atomic mass is 32.1. The summed E-state index contributed by atoms with van der Waals surface area (Å²) in [5, 5.41) is 3.03. The third-order valence-corrected chi connectivity index (χ3v) is 6.17. The molecule has 0 bridgehead atoms. The van der Waals surface area contributed by atoms with Crippen LogP contribution in [0.15, 0.2) is 29.6 Å². The van der Waals surface area contributed by atoms with Crippen LogP contribution < -0.4 is 4.90 Å². The Morgan fingerprint density at radius 2 is 1.79 bits per heavy atom. The molecule has 2 aromatic rings. The number of anilines is 1. The van der Waals surface area contributed by atoms with Crippen LogP contribution in [0.2, 0.25) is 0 Å². The van der Waals surface area contributed by atoms with E-state index in [1.54, 1.807) is 35.6 Å². The molecule has 7 nitrogen and oxygen atoms in total. The highest BCUT2D eigenvalue weighted by Crippen LogP contribution is 2.23. The average Bonchev–Trinajstić information content (AvgIpc) is 3.11. The lowest BCUT2D eigenvalue weighted by molar-refractivity contribution is -0.131. The number of imide groups is 1. The molecule has 146 valence electrons. The van der Waals surface area contributed by atoms with Gasteiger partial charge in [0.1, 0.15) is 0 Å². The molecular weight excluding hydrogens is 376 g/mol. The molecule has 1 saturated heterocycles. The largest absolute Gasteiger partial charge is 0.346 e. The predicted octanol–water partition coefficient (Wildman–Crippen LogP) is 2.18. The first kappa shape index (κ1) is 18.6. The fraction of sp³-hybridized carbons (Fsp3) is 0.400. The van der Waals surface area contributed by atoms with E-state index < -0.39 is 0 Å². The number of amides is 3. The summed E-state index contributed by atoms with van der Waals surface area (Å²) in [6.07, 6.45) is 1.03. The van der Waals surface area contributed by atoms with Crippen LogP contribution in [-0.2, 0) is 4.79 Å². The quantitative estimate of drug-likeness (QED) is 0.738. The molecule has 0 spiro atoms. The normalized spacial score (nSPS) is 17.1. The Bertz CT molecular complexity index is 891. The number of benzene rings is 1. The lowest BCUT2D eigenvalue weighted by Gasteiger charge is -2.22. The van der Waals surface area contributed by atoms with Crippen molar-refractivity contribution in [2.75, 3.05) is 37.6 Å². The second kappa shape index (κ2) is 7.71. The van der Waals surface area contributed by atoms with Gasteiger partial charge in [0.05, 0.1) is 16.8 Å². The molecule has 4 rings (SSSR count). The minimum atomic E-state index is -0.311. The van der Waals surface area contributed by atoms with Crippen LogP contribution >= 0.6 is 11.3 Å². The number of hydrogen-bond acceptors (Lipinski definition) is 6. The zero-order valence-electron chi connectivity index (χ0n) is 15.8. The van der Waals surface area contributed by atoms with Crippen LogP contribution in [0.4, 0.5) is 5.13 Å². The average molecular weight is 398 g/mol. The minimum Gasteiger partial charge on any atom is -0.346 e. The first-order valence-corrected chi connectivity index (χ1v) is 10.3.